The first-order valence-corrected chi connectivity index (χ1v) is 13.0. The molecule has 202 valence electrons. The largest absolute Gasteiger partial charge is 0.487 e. The van der Waals surface area contributed by atoms with Gasteiger partial charge in [0, 0.05) is 20.1 Å². The molecule has 0 bridgehead atoms. The van der Waals surface area contributed by atoms with Crippen LogP contribution in [0.4, 0.5) is 32.2 Å². The molecule has 0 spiro atoms. The number of cyclic esters (lactones) is 1. The van der Waals surface area contributed by atoms with Crippen LogP contribution in [0.5, 0.6) is 11.6 Å². The van der Waals surface area contributed by atoms with Crippen molar-refractivity contribution in [2.45, 2.75) is 17.9 Å². The zero-order valence-corrected chi connectivity index (χ0v) is 21.7. The van der Waals surface area contributed by atoms with Crippen molar-refractivity contribution in [3.63, 3.8) is 0 Å². The summed E-state index contributed by atoms with van der Waals surface area (Å²) in [6.07, 6.45) is 2.58. The first kappa shape index (κ1) is 25.8. The molecule has 2 aromatic rings. The van der Waals surface area contributed by atoms with Gasteiger partial charge in [-0.1, -0.05) is 0 Å². The van der Waals surface area contributed by atoms with E-state index in [1.165, 1.54) is 33.8 Å². The number of anilines is 4. The first-order valence-electron chi connectivity index (χ1n) is 11.8. The molecule has 1 saturated heterocycles. The Hall–Kier alpha value is -3.85. The molecule has 3 aliphatic rings. The number of hydrogen-bond donors (Lipinski definition) is 3. The Labute approximate surface area is 221 Å². The summed E-state index contributed by atoms with van der Waals surface area (Å²) in [6, 6.07) is 2.44. The van der Waals surface area contributed by atoms with Crippen LogP contribution in [-0.2, 0) is 14.3 Å². The lowest BCUT2D eigenvalue weighted by molar-refractivity contribution is -0.119. The molecule has 2 atom stereocenters. The highest BCUT2D eigenvalue weighted by atomic mass is 32.2. The minimum atomic E-state index is -0.932. The Kier molecular flexibility index (Phi) is 6.88. The zero-order valence-electron chi connectivity index (χ0n) is 20.9. The number of rotatable bonds is 8. The normalized spacial score (nSPS) is 22.2. The number of aromatic nitrogens is 2. The van der Waals surface area contributed by atoms with Gasteiger partial charge >= 0.3 is 6.09 Å². The fourth-order valence-electron chi connectivity index (χ4n) is 4.32. The van der Waals surface area contributed by atoms with E-state index in [0.29, 0.717) is 17.9 Å². The number of amides is 3. The summed E-state index contributed by atoms with van der Waals surface area (Å²) >= 11 is 1.34. The van der Waals surface area contributed by atoms with Crippen LogP contribution in [0.3, 0.4) is 0 Å². The number of nitrogens with one attached hydrogen (secondary N) is 3. The lowest BCUT2D eigenvalue weighted by Gasteiger charge is -2.32. The van der Waals surface area contributed by atoms with E-state index in [-0.39, 0.29) is 61.4 Å². The number of benzene rings is 1. The van der Waals surface area contributed by atoms with Crippen LogP contribution < -0.4 is 35.2 Å². The monoisotopic (exact) mass is 547 g/mol. The van der Waals surface area contributed by atoms with Crippen molar-refractivity contribution in [1.82, 2.24) is 15.3 Å². The van der Waals surface area contributed by atoms with Gasteiger partial charge in [-0.05, 0) is 25.3 Å². The van der Waals surface area contributed by atoms with Crippen LogP contribution in [-0.4, -0.2) is 85.0 Å². The van der Waals surface area contributed by atoms with Gasteiger partial charge in [0.1, 0.15) is 18.3 Å². The van der Waals surface area contributed by atoms with Gasteiger partial charge in [-0.15, -0.1) is 11.8 Å². The number of carbonyl (C=O) groups is 3. The molecule has 3 aliphatic heterocycles. The van der Waals surface area contributed by atoms with Crippen LogP contribution in [0.1, 0.15) is 6.92 Å². The van der Waals surface area contributed by atoms with E-state index in [1.807, 2.05) is 6.26 Å². The van der Waals surface area contributed by atoms with E-state index in [0.717, 1.165) is 0 Å². The van der Waals surface area contributed by atoms with Gasteiger partial charge in [-0.2, -0.15) is 0 Å². The number of fused-ring (bicyclic) bond motifs is 2. The minimum Gasteiger partial charge on any atom is -0.487 e. The van der Waals surface area contributed by atoms with Gasteiger partial charge in [0.05, 0.1) is 18.4 Å². The molecule has 0 unspecified atom stereocenters. The highest BCUT2D eigenvalue weighted by molar-refractivity contribution is 7.99. The second-order valence-corrected chi connectivity index (χ2v) is 10.0. The predicted octanol–water partition coefficient (Wildman–Crippen LogP) is 1.41. The molecule has 1 fully saturated rings. The molecule has 0 saturated carbocycles. The Morgan fingerprint density at radius 3 is 2.95 bits per heavy atom. The molecule has 0 aliphatic carbocycles. The van der Waals surface area contributed by atoms with Crippen molar-refractivity contribution in [1.29, 1.82) is 0 Å². The minimum absolute atomic E-state index is 0.0142. The van der Waals surface area contributed by atoms with Crippen molar-refractivity contribution in [3.8, 4) is 11.6 Å². The summed E-state index contributed by atoms with van der Waals surface area (Å²) in [5.41, 5.74) is 0.960. The SMILES string of the molecule is CS[C@]1(CNCCOc2c(F)ccc3c2N(C)C(=O)[C@@H](C)N3)CN(c2cnc3c(n2)NC(=O)CO3)C(=O)O1. The third-order valence-electron chi connectivity index (χ3n) is 6.28. The Bertz CT molecular complexity index is 1300. The Morgan fingerprint density at radius 2 is 2.16 bits per heavy atom. The second kappa shape index (κ2) is 10.1. The van der Waals surface area contributed by atoms with E-state index >= 15 is 0 Å². The van der Waals surface area contributed by atoms with Crippen molar-refractivity contribution in [3.05, 3.63) is 24.1 Å². The summed E-state index contributed by atoms with van der Waals surface area (Å²) in [6.45, 7) is 2.43. The summed E-state index contributed by atoms with van der Waals surface area (Å²) in [4.78, 5) is 46.8. The van der Waals surface area contributed by atoms with Gasteiger partial charge in [0.15, 0.2) is 34.7 Å². The van der Waals surface area contributed by atoms with Crippen LogP contribution >= 0.6 is 11.8 Å². The number of nitrogens with zero attached hydrogens (tertiary/aromatic N) is 4. The molecule has 38 heavy (non-hydrogen) atoms. The molecule has 3 N–H and O–H groups in total. The molecule has 5 rings (SSSR count). The molecule has 1 aromatic heterocycles. The van der Waals surface area contributed by atoms with E-state index in [2.05, 4.69) is 25.9 Å². The summed E-state index contributed by atoms with van der Waals surface area (Å²) in [5.74, 6) is -0.624. The molecule has 1 aromatic carbocycles. The molecule has 4 heterocycles. The predicted molar refractivity (Wildman–Crippen MR) is 137 cm³/mol. The van der Waals surface area contributed by atoms with Crippen molar-refractivity contribution >= 4 is 52.7 Å². The maximum Gasteiger partial charge on any atom is 0.417 e. The smallest absolute Gasteiger partial charge is 0.417 e. The number of likely N-dealkylation sites (N-methyl/N-ethyl adjacent to an activating group) is 1. The highest BCUT2D eigenvalue weighted by Crippen LogP contribution is 2.41. The molecular formula is C23H26FN7O6S. The Morgan fingerprint density at radius 1 is 1.34 bits per heavy atom. The number of halogens is 1. The molecule has 13 nitrogen and oxygen atoms in total. The van der Waals surface area contributed by atoms with E-state index < -0.39 is 22.9 Å². The fraction of sp³-hybridized carbons (Fsp3) is 0.435. The van der Waals surface area contributed by atoms with Crippen LogP contribution in [0.25, 0.3) is 0 Å². The molecule has 0 radical (unpaired) electrons. The van der Waals surface area contributed by atoms with Crippen molar-refractivity contribution < 1.29 is 33.0 Å². The zero-order chi connectivity index (χ0) is 27.0. The van der Waals surface area contributed by atoms with E-state index in [4.69, 9.17) is 14.2 Å². The molecule has 15 heteroatoms. The third kappa shape index (κ3) is 4.74. The lowest BCUT2D eigenvalue weighted by atomic mass is 10.1. The van der Waals surface area contributed by atoms with E-state index in [1.54, 1.807) is 20.0 Å². The van der Waals surface area contributed by atoms with Gasteiger partial charge in [-0.3, -0.25) is 14.5 Å². The van der Waals surface area contributed by atoms with Gasteiger partial charge in [-0.25, -0.2) is 19.2 Å². The maximum absolute atomic E-state index is 14.6. The number of ether oxygens (including phenoxy) is 3. The van der Waals surface area contributed by atoms with Crippen LogP contribution in [0.2, 0.25) is 0 Å². The Balaban J connectivity index is 1.20. The average Bonchev–Trinajstić information content (AvgIpc) is 3.24. The van der Waals surface area contributed by atoms with Crippen molar-refractivity contribution in [2.24, 2.45) is 0 Å². The van der Waals surface area contributed by atoms with Crippen LogP contribution in [0, 0.1) is 5.82 Å². The van der Waals surface area contributed by atoms with Crippen molar-refractivity contribution in [2.75, 3.05) is 66.6 Å². The standard InChI is InChI=1S/C23H26FN7O6S/c1-12-21(33)30(2)17-14(27-12)5-4-13(24)18(17)35-7-6-25-10-23(38-3)11-31(22(34)37-23)15-8-26-20-19(28-15)29-16(32)9-36-20/h4-5,8,12,25,27H,6-7,9-11H2,1-3H3,(H,28,29,32)/t12-,23-/m1/s1. The molecule has 3 amide bonds. The average molecular weight is 548 g/mol. The topological polar surface area (TPSA) is 147 Å². The number of thioether (sulfide) groups is 1. The second-order valence-electron chi connectivity index (χ2n) is 8.85. The number of carbonyl (C=O) groups excluding carboxylic acids is 3. The maximum atomic E-state index is 14.6. The molecular weight excluding hydrogens is 521 g/mol. The highest BCUT2D eigenvalue weighted by Gasteiger charge is 2.46. The lowest BCUT2D eigenvalue weighted by Crippen LogP contribution is -2.44. The van der Waals surface area contributed by atoms with Gasteiger partial charge < -0.3 is 35.1 Å². The van der Waals surface area contributed by atoms with Crippen LogP contribution in [0.15, 0.2) is 18.3 Å². The fourth-order valence-corrected chi connectivity index (χ4v) is 4.98. The summed E-state index contributed by atoms with van der Waals surface area (Å²) in [5, 5.41) is 8.80. The third-order valence-corrected chi connectivity index (χ3v) is 7.38. The number of hydrogen-bond acceptors (Lipinski definition) is 11. The van der Waals surface area contributed by atoms with Gasteiger partial charge in [0.25, 0.3) is 11.8 Å². The summed E-state index contributed by atoms with van der Waals surface area (Å²) < 4.78 is 31.2. The summed E-state index contributed by atoms with van der Waals surface area (Å²) in [7, 11) is 1.58. The first-order chi connectivity index (χ1) is 18.2. The van der Waals surface area contributed by atoms with E-state index in [9.17, 15) is 18.8 Å². The van der Waals surface area contributed by atoms with Gasteiger partial charge in [0.2, 0.25) is 5.91 Å². The quantitative estimate of drug-likeness (QED) is 0.412.